The lowest BCUT2D eigenvalue weighted by atomic mass is 10.0. The van der Waals surface area contributed by atoms with E-state index < -0.39 is 29.6 Å². The van der Waals surface area contributed by atoms with E-state index in [1.165, 1.54) is 28.6 Å². The van der Waals surface area contributed by atoms with E-state index in [9.17, 15) is 24.0 Å². The van der Waals surface area contributed by atoms with Gasteiger partial charge >= 0.3 is 12.2 Å². The summed E-state index contributed by atoms with van der Waals surface area (Å²) in [5.74, 6) is 0.198. The Balaban J connectivity index is 0.0000344. The van der Waals surface area contributed by atoms with Gasteiger partial charge in [0.25, 0.3) is 0 Å². The molecular formula is C57H103N5O20S. The molecule has 0 aromatic heterocycles. The number of imide groups is 1. The first-order valence-electron chi connectivity index (χ1n) is 28.4. The minimum Gasteiger partial charge on any atom is -0.441 e. The zero-order valence-electron chi connectivity index (χ0n) is 50.2. The van der Waals surface area contributed by atoms with E-state index in [4.69, 9.17) is 71.1 Å². The largest absolute Gasteiger partial charge is 0.441 e. The molecule has 2 N–H and O–H groups in total. The molecule has 1 aliphatic heterocycles. The van der Waals surface area contributed by atoms with Crippen LogP contribution in [0.5, 0.6) is 5.75 Å². The lowest BCUT2D eigenvalue weighted by Gasteiger charge is -2.21. The number of nitrogens with zero attached hydrogens (tertiary/aromatic N) is 3. The van der Waals surface area contributed by atoms with Crippen LogP contribution in [0.2, 0.25) is 0 Å². The number of hydrogen-bond acceptors (Lipinski definition) is 22. The number of alkyl carbamates (subject to hydrolysis) is 1. The Kier molecular flexibility index (Phi) is 47.8. The molecule has 1 aromatic rings. The summed E-state index contributed by atoms with van der Waals surface area (Å²) in [5.41, 5.74) is 0.765. The van der Waals surface area contributed by atoms with Gasteiger partial charge in [0.15, 0.2) is 0 Å². The van der Waals surface area contributed by atoms with Crippen LogP contribution in [0.3, 0.4) is 0 Å². The lowest BCUT2D eigenvalue weighted by molar-refractivity contribution is -0.138. The minimum absolute atomic E-state index is 0. The number of ether oxygens (including phenoxy) is 15. The van der Waals surface area contributed by atoms with Crippen LogP contribution in [-0.4, -0.2) is 282 Å². The van der Waals surface area contributed by atoms with Crippen molar-refractivity contribution < 1.29 is 95.0 Å². The Morgan fingerprint density at radius 1 is 0.627 bits per heavy atom. The fraction of sp³-hybridized carbons (Fsp3) is 0.807. The van der Waals surface area contributed by atoms with Crippen LogP contribution < -0.4 is 15.4 Å². The molecule has 0 spiro atoms. The molecule has 0 bridgehead atoms. The first-order valence-corrected chi connectivity index (χ1v) is 29.5. The topological polar surface area (TPSA) is 258 Å². The molecule has 0 radical (unpaired) electrons. The van der Waals surface area contributed by atoms with Crippen LogP contribution in [0.4, 0.5) is 9.59 Å². The normalized spacial score (nSPS) is 14.8. The van der Waals surface area contributed by atoms with Crippen molar-refractivity contribution >= 4 is 41.7 Å². The molecule has 2 rings (SSSR count). The van der Waals surface area contributed by atoms with Crippen molar-refractivity contribution in [3.63, 3.8) is 0 Å². The first-order chi connectivity index (χ1) is 39.8. The SMILES string of the molecule is C.CNC(=O)OC(CCCCCSC1CC(=O)N(CCC(=O)NCCCOCC(COCCOCC(COCCOC)OCCOC)OCCOCC(COCCOC)OCCOC)C1=O)c1ccc(OC(=O)N(C)CCCN(C)C)cc1. The van der Waals surface area contributed by atoms with Crippen LogP contribution in [0.25, 0.3) is 0 Å². The number of nitrogens with one attached hydrogen (secondary N) is 2. The van der Waals surface area contributed by atoms with E-state index in [0.29, 0.717) is 137 Å². The van der Waals surface area contributed by atoms with Crippen LogP contribution >= 0.6 is 11.8 Å². The summed E-state index contributed by atoms with van der Waals surface area (Å²) >= 11 is 1.44. The molecule has 1 fully saturated rings. The highest BCUT2D eigenvalue weighted by Crippen LogP contribution is 2.29. The van der Waals surface area contributed by atoms with Gasteiger partial charge in [0.05, 0.1) is 124 Å². The quantitative estimate of drug-likeness (QED) is 0.0682. The second kappa shape index (κ2) is 51.4. The maximum Gasteiger partial charge on any atom is 0.414 e. The Hall–Kier alpha value is -3.84. The van der Waals surface area contributed by atoms with E-state index in [1.54, 1.807) is 59.8 Å². The number of likely N-dealkylation sites (tertiary alicyclic amines) is 1. The van der Waals surface area contributed by atoms with Crippen molar-refractivity contribution in [2.24, 2.45) is 0 Å². The highest BCUT2D eigenvalue weighted by Gasteiger charge is 2.38. The van der Waals surface area contributed by atoms with Gasteiger partial charge in [-0.15, -0.1) is 11.8 Å². The van der Waals surface area contributed by atoms with Gasteiger partial charge in [-0.2, -0.15) is 0 Å². The molecule has 0 saturated carbocycles. The van der Waals surface area contributed by atoms with E-state index in [1.807, 2.05) is 14.1 Å². The van der Waals surface area contributed by atoms with Crippen LogP contribution in [0, 0.1) is 0 Å². The molecule has 0 aliphatic carbocycles. The van der Waals surface area contributed by atoms with Gasteiger partial charge in [-0.05, 0) is 76.2 Å². The number of thioether (sulfide) groups is 1. The summed E-state index contributed by atoms with van der Waals surface area (Å²) in [6.07, 6.45) is 1.75. The molecule has 5 amide bonds. The van der Waals surface area contributed by atoms with Crippen molar-refractivity contribution in [3.8, 4) is 5.75 Å². The van der Waals surface area contributed by atoms with Crippen LogP contribution in [0.15, 0.2) is 24.3 Å². The zero-order valence-corrected chi connectivity index (χ0v) is 51.1. The Morgan fingerprint density at radius 2 is 1.12 bits per heavy atom. The van der Waals surface area contributed by atoms with Gasteiger partial charge in [-0.1, -0.05) is 26.0 Å². The predicted molar refractivity (Wildman–Crippen MR) is 313 cm³/mol. The number of hydrogen-bond donors (Lipinski definition) is 2. The summed E-state index contributed by atoms with van der Waals surface area (Å²) in [6.45, 7) is 8.53. The van der Waals surface area contributed by atoms with E-state index in [-0.39, 0.29) is 83.2 Å². The number of amides is 5. The van der Waals surface area contributed by atoms with Gasteiger partial charge in [0.1, 0.15) is 30.2 Å². The van der Waals surface area contributed by atoms with Crippen molar-refractivity contribution in [2.75, 3.05) is 214 Å². The van der Waals surface area contributed by atoms with E-state index in [2.05, 4.69) is 15.5 Å². The molecular weight excluding hydrogens is 1110 g/mol. The number of methoxy groups -OCH3 is 4. The highest BCUT2D eigenvalue weighted by atomic mass is 32.2. The molecule has 482 valence electrons. The molecule has 1 saturated heterocycles. The standard InChI is InChI=1S/C56H99N5O20S.CH4/c1-57-55(65)81-50(45-15-17-46(18-16-45)80-56(66)60(4)22-13-21-59(2)3)14-10-9-11-37-82-51-38-53(63)61(54(51)64)23-19-52(62)58-20-12-24-71-39-47(79-36-33-76-44-49(78-35-28-70-8)41-73-30-26-68-6)42-74-31-32-75-43-48(77-34-27-69-7)40-72-29-25-67-5;/h15-18,47-51H,9-14,19-44H2,1-8H3,(H,57,65)(H,58,62);1H4. The third-order valence-electron chi connectivity index (χ3n) is 12.2. The fourth-order valence-corrected chi connectivity index (χ4v) is 8.86. The fourth-order valence-electron chi connectivity index (χ4n) is 7.68. The Labute approximate surface area is 498 Å². The van der Waals surface area contributed by atoms with Gasteiger partial charge in [-0.25, -0.2) is 9.59 Å². The number of rotatable bonds is 54. The lowest BCUT2D eigenvalue weighted by Crippen LogP contribution is -2.36. The Bertz CT molecular complexity index is 1800. The second-order valence-corrected chi connectivity index (χ2v) is 20.6. The molecule has 5 atom stereocenters. The van der Waals surface area contributed by atoms with Gasteiger partial charge in [-0.3, -0.25) is 19.3 Å². The van der Waals surface area contributed by atoms with Crippen molar-refractivity contribution in [1.29, 1.82) is 0 Å². The summed E-state index contributed by atoms with van der Waals surface area (Å²) in [7, 11) is 13.6. The minimum atomic E-state index is -0.556. The second-order valence-electron chi connectivity index (χ2n) is 19.3. The van der Waals surface area contributed by atoms with E-state index >= 15 is 0 Å². The summed E-state index contributed by atoms with van der Waals surface area (Å²) < 4.78 is 84.1. The number of unbranched alkanes of at least 4 members (excludes halogenated alkanes) is 2. The first kappa shape index (κ1) is 77.2. The average Bonchev–Trinajstić information content (AvgIpc) is 3.90. The average molecular weight is 1210 g/mol. The monoisotopic (exact) mass is 1210 g/mol. The maximum atomic E-state index is 13.2. The summed E-state index contributed by atoms with van der Waals surface area (Å²) in [6, 6.07) is 6.93. The van der Waals surface area contributed by atoms with Crippen LogP contribution in [-0.2, 0) is 80.7 Å². The van der Waals surface area contributed by atoms with Gasteiger partial charge in [0, 0.05) is 81.6 Å². The van der Waals surface area contributed by atoms with Crippen LogP contribution in [0.1, 0.15) is 70.5 Å². The van der Waals surface area contributed by atoms with E-state index in [0.717, 1.165) is 37.8 Å². The zero-order chi connectivity index (χ0) is 59.8. The third-order valence-corrected chi connectivity index (χ3v) is 13.5. The smallest absolute Gasteiger partial charge is 0.414 e. The highest BCUT2D eigenvalue weighted by molar-refractivity contribution is 8.00. The molecule has 5 unspecified atom stereocenters. The molecule has 25 nitrogen and oxygen atoms in total. The molecule has 83 heavy (non-hydrogen) atoms. The maximum absolute atomic E-state index is 13.2. The molecule has 1 heterocycles. The molecule has 1 aromatic carbocycles. The number of carbonyl (C=O) groups excluding carboxylic acids is 5. The Morgan fingerprint density at radius 3 is 1.64 bits per heavy atom. The number of benzene rings is 1. The van der Waals surface area contributed by atoms with Gasteiger partial charge < -0.3 is 91.5 Å². The third kappa shape index (κ3) is 38.8. The summed E-state index contributed by atoms with van der Waals surface area (Å²) in [4.78, 5) is 68.4. The molecule has 1 aliphatic rings. The number of carbonyl (C=O) groups is 5. The molecule has 26 heteroatoms. The van der Waals surface area contributed by atoms with Gasteiger partial charge in [0.2, 0.25) is 17.7 Å². The van der Waals surface area contributed by atoms with Crippen molar-refractivity contribution in [3.05, 3.63) is 29.8 Å². The van der Waals surface area contributed by atoms with Crippen molar-refractivity contribution in [1.82, 2.24) is 25.3 Å². The van der Waals surface area contributed by atoms with Crippen molar-refractivity contribution in [2.45, 2.75) is 88.5 Å². The summed E-state index contributed by atoms with van der Waals surface area (Å²) in [5, 5.41) is 4.85. The predicted octanol–water partition coefficient (Wildman–Crippen LogP) is 4.26.